The van der Waals surface area contributed by atoms with Crippen LogP contribution in [0.15, 0.2) is 75.9 Å². The Morgan fingerprint density at radius 3 is 2.47 bits per heavy atom. The molecule has 0 radical (unpaired) electrons. The fourth-order valence-corrected chi connectivity index (χ4v) is 4.61. The Balaban J connectivity index is 1.54. The summed E-state index contributed by atoms with van der Waals surface area (Å²) in [5.41, 5.74) is 3.21. The number of carbonyl (C=O) groups is 1. The van der Waals surface area contributed by atoms with E-state index in [0.29, 0.717) is 40.5 Å². The van der Waals surface area contributed by atoms with Crippen LogP contribution in [0.4, 0.5) is 0 Å². The molecule has 1 aromatic heterocycles. The van der Waals surface area contributed by atoms with Gasteiger partial charge in [-0.25, -0.2) is 0 Å². The molecule has 1 aliphatic heterocycles. The SMILES string of the molecule is CCCN1C(=O)c2oc3cc(C)c(Cl)cc3c(=O)c2C1c1ccc(OCc2ccccc2)cc1. The summed E-state index contributed by atoms with van der Waals surface area (Å²) in [6, 6.07) is 20.3. The van der Waals surface area contributed by atoms with Gasteiger partial charge in [0.2, 0.25) is 5.76 Å². The molecule has 3 aromatic carbocycles. The van der Waals surface area contributed by atoms with Crippen LogP contribution < -0.4 is 10.2 Å². The zero-order chi connectivity index (χ0) is 23.8. The van der Waals surface area contributed by atoms with Gasteiger partial charge in [0.25, 0.3) is 5.91 Å². The van der Waals surface area contributed by atoms with Crippen molar-refractivity contribution in [3.63, 3.8) is 0 Å². The summed E-state index contributed by atoms with van der Waals surface area (Å²) in [5.74, 6) is 0.562. The first-order chi connectivity index (χ1) is 16.5. The number of hydrogen-bond acceptors (Lipinski definition) is 4. The van der Waals surface area contributed by atoms with E-state index in [2.05, 4.69) is 0 Å². The highest BCUT2D eigenvalue weighted by Crippen LogP contribution is 2.39. The molecule has 1 unspecified atom stereocenters. The predicted molar refractivity (Wildman–Crippen MR) is 133 cm³/mol. The molecule has 0 N–H and O–H groups in total. The third-order valence-corrected chi connectivity index (χ3v) is 6.56. The van der Waals surface area contributed by atoms with Crippen LogP contribution in [0, 0.1) is 6.92 Å². The largest absolute Gasteiger partial charge is 0.489 e. The van der Waals surface area contributed by atoms with Gasteiger partial charge >= 0.3 is 0 Å². The van der Waals surface area contributed by atoms with Crippen molar-refractivity contribution in [1.29, 1.82) is 0 Å². The van der Waals surface area contributed by atoms with Gasteiger partial charge < -0.3 is 14.1 Å². The third-order valence-electron chi connectivity index (χ3n) is 6.16. The molecule has 1 atom stereocenters. The molecule has 0 saturated heterocycles. The van der Waals surface area contributed by atoms with Gasteiger partial charge in [-0.1, -0.05) is 61.0 Å². The smallest absolute Gasteiger partial charge is 0.290 e. The van der Waals surface area contributed by atoms with Gasteiger partial charge in [0.05, 0.1) is 17.0 Å². The summed E-state index contributed by atoms with van der Waals surface area (Å²) in [6.07, 6.45) is 0.757. The minimum absolute atomic E-state index is 0.113. The number of amides is 1. The predicted octanol–water partition coefficient (Wildman–Crippen LogP) is 6.29. The van der Waals surface area contributed by atoms with Crippen molar-refractivity contribution >= 4 is 28.5 Å². The Morgan fingerprint density at radius 1 is 1.03 bits per heavy atom. The molecule has 0 spiro atoms. The van der Waals surface area contributed by atoms with Crippen molar-refractivity contribution in [2.24, 2.45) is 0 Å². The molecule has 5 rings (SSSR count). The minimum Gasteiger partial charge on any atom is -0.489 e. The van der Waals surface area contributed by atoms with Crippen LogP contribution >= 0.6 is 11.6 Å². The summed E-state index contributed by atoms with van der Waals surface area (Å²) < 4.78 is 11.9. The second-order valence-corrected chi connectivity index (χ2v) is 8.92. The number of nitrogens with zero attached hydrogens (tertiary/aromatic N) is 1. The van der Waals surface area contributed by atoms with Gasteiger partial charge in [-0.3, -0.25) is 9.59 Å². The Kier molecular flexibility index (Phi) is 5.88. The minimum atomic E-state index is -0.522. The molecule has 2 heterocycles. The monoisotopic (exact) mass is 473 g/mol. The molecule has 0 saturated carbocycles. The number of fused-ring (bicyclic) bond motifs is 2. The summed E-state index contributed by atoms with van der Waals surface area (Å²) in [4.78, 5) is 28.6. The van der Waals surface area contributed by atoms with Crippen molar-refractivity contribution in [1.82, 2.24) is 4.90 Å². The van der Waals surface area contributed by atoms with Crippen LogP contribution in [-0.2, 0) is 6.61 Å². The van der Waals surface area contributed by atoms with E-state index in [9.17, 15) is 9.59 Å². The third kappa shape index (κ3) is 3.86. The summed E-state index contributed by atoms with van der Waals surface area (Å²) >= 11 is 6.29. The molecular weight excluding hydrogens is 450 g/mol. The molecular formula is C28H24ClNO4. The zero-order valence-corrected chi connectivity index (χ0v) is 19.8. The van der Waals surface area contributed by atoms with Crippen LogP contribution in [0.5, 0.6) is 5.75 Å². The quantitative estimate of drug-likeness (QED) is 0.330. The second-order valence-electron chi connectivity index (χ2n) is 8.52. The summed E-state index contributed by atoms with van der Waals surface area (Å²) in [6.45, 7) is 4.81. The molecule has 1 aliphatic rings. The lowest BCUT2D eigenvalue weighted by Gasteiger charge is -2.24. The molecule has 0 fully saturated rings. The van der Waals surface area contributed by atoms with Crippen molar-refractivity contribution in [3.05, 3.63) is 110 Å². The highest BCUT2D eigenvalue weighted by molar-refractivity contribution is 6.32. The van der Waals surface area contributed by atoms with Crippen molar-refractivity contribution in [3.8, 4) is 5.75 Å². The molecule has 6 heteroatoms. The van der Waals surface area contributed by atoms with Gasteiger partial charge in [-0.15, -0.1) is 0 Å². The van der Waals surface area contributed by atoms with E-state index in [1.165, 1.54) is 0 Å². The number of ether oxygens (including phenoxy) is 1. The topological polar surface area (TPSA) is 59.8 Å². The highest BCUT2D eigenvalue weighted by atomic mass is 35.5. The lowest BCUT2D eigenvalue weighted by molar-refractivity contribution is 0.0728. The van der Waals surface area contributed by atoms with Gasteiger partial charge in [-0.05, 0) is 54.3 Å². The Bertz CT molecular complexity index is 1430. The van der Waals surface area contributed by atoms with E-state index in [4.69, 9.17) is 20.8 Å². The average molecular weight is 474 g/mol. The Morgan fingerprint density at radius 2 is 1.76 bits per heavy atom. The molecule has 5 nitrogen and oxygen atoms in total. The van der Waals surface area contributed by atoms with E-state index in [1.54, 1.807) is 17.0 Å². The first kappa shape index (κ1) is 22.2. The molecule has 1 amide bonds. The molecule has 172 valence electrons. The lowest BCUT2D eigenvalue weighted by atomic mass is 9.98. The van der Waals surface area contributed by atoms with E-state index >= 15 is 0 Å². The number of aryl methyl sites for hydroxylation is 1. The Hall–Kier alpha value is -3.57. The van der Waals surface area contributed by atoms with Crippen LogP contribution in [-0.4, -0.2) is 17.4 Å². The number of benzene rings is 3. The van der Waals surface area contributed by atoms with Crippen LogP contribution in [0.2, 0.25) is 5.02 Å². The first-order valence-electron chi connectivity index (χ1n) is 11.3. The standard InChI is InChI=1S/C28H24ClNO4/c1-3-13-30-25(19-9-11-20(12-10-19)33-16-18-7-5-4-6-8-18)24-26(31)21-15-22(29)17(2)14-23(21)34-27(24)28(30)32/h4-12,14-15,25H,3,13,16H2,1-2H3. The maximum Gasteiger partial charge on any atom is 0.290 e. The molecule has 34 heavy (non-hydrogen) atoms. The van der Waals surface area contributed by atoms with Crippen molar-refractivity contribution in [2.75, 3.05) is 6.54 Å². The Labute approximate surface area is 202 Å². The maximum absolute atomic E-state index is 13.6. The normalized spacial score (nSPS) is 15.1. The van der Waals surface area contributed by atoms with Crippen LogP contribution in [0.25, 0.3) is 11.0 Å². The van der Waals surface area contributed by atoms with Gasteiger partial charge in [0, 0.05) is 11.6 Å². The number of halogens is 1. The maximum atomic E-state index is 13.6. The highest BCUT2D eigenvalue weighted by Gasteiger charge is 2.42. The summed E-state index contributed by atoms with van der Waals surface area (Å²) in [5, 5.41) is 0.874. The first-order valence-corrected chi connectivity index (χ1v) is 11.7. The molecule has 0 aliphatic carbocycles. The van der Waals surface area contributed by atoms with Gasteiger partial charge in [0.15, 0.2) is 5.43 Å². The number of carbonyl (C=O) groups excluding carboxylic acids is 1. The zero-order valence-electron chi connectivity index (χ0n) is 19.0. The van der Waals surface area contributed by atoms with Crippen molar-refractivity contribution in [2.45, 2.75) is 32.9 Å². The van der Waals surface area contributed by atoms with Gasteiger partial charge in [-0.2, -0.15) is 0 Å². The van der Waals surface area contributed by atoms with Crippen LogP contribution in [0.3, 0.4) is 0 Å². The fraction of sp³-hybridized carbons (Fsp3) is 0.214. The fourth-order valence-electron chi connectivity index (χ4n) is 4.45. The van der Waals surface area contributed by atoms with E-state index in [1.807, 2.05) is 68.4 Å². The molecule has 0 bridgehead atoms. The van der Waals surface area contributed by atoms with Crippen molar-refractivity contribution < 1.29 is 13.9 Å². The number of hydrogen-bond donors (Lipinski definition) is 0. The van der Waals surface area contributed by atoms with Gasteiger partial charge in [0.1, 0.15) is 17.9 Å². The second kappa shape index (κ2) is 8.99. The average Bonchev–Trinajstić information content (AvgIpc) is 3.12. The van der Waals surface area contributed by atoms with Crippen LogP contribution in [0.1, 0.15) is 52.2 Å². The van der Waals surface area contributed by atoms with E-state index in [0.717, 1.165) is 23.1 Å². The van der Waals surface area contributed by atoms with E-state index in [-0.39, 0.29) is 17.1 Å². The van der Waals surface area contributed by atoms with E-state index < -0.39 is 6.04 Å². The summed E-state index contributed by atoms with van der Waals surface area (Å²) in [7, 11) is 0. The molecule has 4 aromatic rings. The number of rotatable bonds is 6. The lowest BCUT2D eigenvalue weighted by Crippen LogP contribution is -2.30.